The molecule has 3 aromatic carbocycles. The summed E-state index contributed by atoms with van der Waals surface area (Å²) in [6.45, 7) is 14.3. The average molecular weight is 673 g/mol. The molecule has 1 heterocycles. The van der Waals surface area contributed by atoms with Gasteiger partial charge in [0.2, 0.25) is 0 Å². The Morgan fingerprint density at radius 2 is 1.64 bits per heavy atom. The van der Waals surface area contributed by atoms with Crippen LogP contribution in [-0.2, 0) is 24.9 Å². The third-order valence-corrected chi connectivity index (χ3v) is 7.91. The van der Waals surface area contributed by atoms with Gasteiger partial charge in [0.15, 0.2) is 5.78 Å². The number of carbonyl (C=O) groups excluding carboxylic acids is 1. The van der Waals surface area contributed by atoms with Gasteiger partial charge in [-0.05, 0) is 36.6 Å². The van der Waals surface area contributed by atoms with Crippen LogP contribution in [-0.4, -0.2) is 23.9 Å². The van der Waals surface area contributed by atoms with E-state index in [1.807, 2.05) is 0 Å². The first kappa shape index (κ1) is 29.4. The average Bonchev–Trinajstić information content (AvgIpc) is 2.78. The quantitative estimate of drug-likeness (QED) is 0.105. The number of hydrogen-bond acceptors (Lipinski definition) is 3. The van der Waals surface area contributed by atoms with Crippen molar-refractivity contribution >= 4 is 29.9 Å². The minimum Gasteiger partial charge on any atom is -0.512 e. The number of aryl methyl sites for hydroxylation is 1. The van der Waals surface area contributed by atoms with E-state index in [9.17, 15) is 4.79 Å². The molecular formula is C31H34IrNO2Si-. The molecule has 4 aromatic rings. The Kier molecular flexibility index (Phi) is 10.1. The van der Waals surface area contributed by atoms with Gasteiger partial charge in [-0.3, -0.25) is 9.78 Å². The zero-order chi connectivity index (χ0) is 25.8. The Balaban J connectivity index is 0.000000503. The van der Waals surface area contributed by atoms with Crippen LogP contribution in [0.25, 0.3) is 33.3 Å². The number of aliphatic hydroxyl groups is 1. The molecule has 0 aliphatic rings. The van der Waals surface area contributed by atoms with Gasteiger partial charge in [-0.15, -0.1) is 28.8 Å². The van der Waals surface area contributed by atoms with Gasteiger partial charge in [0.25, 0.3) is 0 Å². The van der Waals surface area contributed by atoms with E-state index in [1.165, 1.54) is 52.8 Å². The van der Waals surface area contributed by atoms with Crippen molar-refractivity contribution < 1.29 is 30.0 Å². The molecule has 0 fully saturated rings. The predicted octanol–water partition coefficient (Wildman–Crippen LogP) is 7.57. The summed E-state index contributed by atoms with van der Waals surface area (Å²) < 4.78 is 0. The SMILES string of the molecule is CC(=O)/C=C(/C)O.Cc1c[c-]c(-c2ccc3cc([Si](C)(C)C)ccc3n2)c(C)c1-c1ccccc1.[Ir]. The van der Waals surface area contributed by atoms with Gasteiger partial charge in [-0.1, -0.05) is 98.8 Å². The number of rotatable bonds is 4. The number of benzene rings is 3. The molecule has 4 rings (SSSR count). The van der Waals surface area contributed by atoms with E-state index in [0.717, 1.165) is 16.8 Å². The molecule has 0 aliphatic heterocycles. The first-order chi connectivity index (χ1) is 16.5. The zero-order valence-corrected chi connectivity index (χ0v) is 25.5. The maximum atomic E-state index is 10.0. The third-order valence-electron chi connectivity index (χ3n) is 5.86. The molecule has 0 atom stereocenters. The van der Waals surface area contributed by atoms with Gasteiger partial charge in [-0.25, -0.2) is 0 Å². The Hall–Kier alpha value is -2.85. The molecule has 36 heavy (non-hydrogen) atoms. The van der Waals surface area contributed by atoms with Crippen LogP contribution in [0.2, 0.25) is 19.6 Å². The van der Waals surface area contributed by atoms with Crippen LogP contribution in [0, 0.1) is 19.9 Å². The van der Waals surface area contributed by atoms with Crippen molar-refractivity contribution in [3.8, 4) is 22.4 Å². The number of fused-ring (bicyclic) bond motifs is 1. The second kappa shape index (κ2) is 12.4. The fourth-order valence-electron chi connectivity index (χ4n) is 4.12. The standard InChI is InChI=1S/C26H26NSi.C5H8O2.Ir/c1-18-11-14-23(19(2)26(18)20-9-7-6-8-10-20)25-15-12-21-17-22(28(3,4)5)13-16-24(21)27-25;1-4(6)3-5(2)7;/h6-13,15-17H,1-5H3;3,6H,1-2H3;/q-1;;/b;4-3-;. The van der Waals surface area contributed by atoms with Crippen molar-refractivity contribution in [1.82, 2.24) is 4.98 Å². The van der Waals surface area contributed by atoms with Crippen molar-refractivity contribution in [1.29, 1.82) is 0 Å². The second-order valence-electron chi connectivity index (χ2n) is 9.96. The maximum Gasteiger partial charge on any atom is 0.155 e. The summed E-state index contributed by atoms with van der Waals surface area (Å²) >= 11 is 0. The second-order valence-corrected chi connectivity index (χ2v) is 15.0. The summed E-state index contributed by atoms with van der Waals surface area (Å²) in [7, 11) is -1.32. The van der Waals surface area contributed by atoms with Crippen LogP contribution >= 0.6 is 0 Å². The first-order valence-corrected chi connectivity index (χ1v) is 15.3. The smallest absolute Gasteiger partial charge is 0.155 e. The van der Waals surface area contributed by atoms with E-state index < -0.39 is 8.07 Å². The van der Waals surface area contributed by atoms with Crippen LogP contribution < -0.4 is 5.19 Å². The summed E-state index contributed by atoms with van der Waals surface area (Å²) in [6.07, 6.45) is 1.17. The van der Waals surface area contributed by atoms with Gasteiger partial charge in [0.1, 0.15) is 0 Å². The summed E-state index contributed by atoms with van der Waals surface area (Å²) in [5, 5.41) is 11.1. The first-order valence-electron chi connectivity index (χ1n) is 11.8. The van der Waals surface area contributed by atoms with Gasteiger partial charge in [0.05, 0.1) is 19.3 Å². The van der Waals surface area contributed by atoms with Crippen LogP contribution in [0.1, 0.15) is 25.0 Å². The molecule has 1 aromatic heterocycles. The molecule has 1 radical (unpaired) electrons. The molecule has 0 amide bonds. The van der Waals surface area contributed by atoms with Crippen LogP contribution in [0.15, 0.2) is 78.6 Å². The van der Waals surface area contributed by atoms with E-state index in [-0.39, 0.29) is 31.6 Å². The summed E-state index contributed by atoms with van der Waals surface area (Å²) in [6, 6.07) is 27.2. The topological polar surface area (TPSA) is 50.2 Å². The number of nitrogens with zero attached hydrogens (tertiary/aromatic N) is 1. The van der Waals surface area contributed by atoms with E-state index in [2.05, 4.69) is 106 Å². The minimum atomic E-state index is -1.32. The predicted molar refractivity (Wildman–Crippen MR) is 151 cm³/mol. The number of hydrogen-bond donors (Lipinski definition) is 1. The van der Waals surface area contributed by atoms with Crippen molar-refractivity contribution in [2.45, 2.75) is 47.3 Å². The number of carbonyl (C=O) groups is 1. The fourth-order valence-corrected chi connectivity index (χ4v) is 5.29. The Labute approximate surface area is 229 Å². The molecule has 5 heteroatoms. The fraction of sp³-hybridized carbons (Fsp3) is 0.226. The minimum absolute atomic E-state index is 0. The molecule has 0 bridgehead atoms. The largest absolute Gasteiger partial charge is 0.512 e. The Morgan fingerprint density at radius 1 is 0.972 bits per heavy atom. The summed E-state index contributed by atoms with van der Waals surface area (Å²) in [5.41, 5.74) is 8.13. The van der Waals surface area contributed by atoms with E-state index in [4.69, 9.17) is 10.1 Å². The molecule has 0 spiro atoms. The van der Waals surface area contributed by atoms with Gasteiger partial charge < -0.3 is 5.11 Å². The molecule has 1 N–H and O–H groups in total. The molecule has 0 saturated heterocycles. The summed E-state index contributed by atoms with van der Waals surface area (Å²) in [5.74, 6) is -0.0625. The van der Waals surface area contributed by atoms with E-state index in [0.29, 0.717) is 0 Å². The van der Waals surface area contributed by atoms with E-state index in [1.54, 1.807) is 0 Å². The van der Waals surface area contributed by atoms with E-state index >= 15 is 0 Å². The molecule has 0 saturated carbocycles. The molecule has 3 nitrogen and oxygen atoms in total. The molecular weight excluding hydrogens is 639 g/mol. The van der Waals surface area contributed by atoms with Gasteiger partial charge >= 0.3 is 0 Å². The Morgan fingerprint density at radius 3 is 2.19 bits per heavy atom. The number of aliphatic hydroxyl groups excluding tert-OH is 1. The zero-order valence-electron chi connectivity index (χ0n) is 22.1. The van der Waals surface area contributed by atoms with Crippen molar-refractivity contribution in [2.75, 3.05) is 0 Å². The summed E-state index contributed by atoms with van der Waals surface area (Å²) in [4.78, 5) is 15.0. The third kappa shape index (κ3) is 7.33. The van der Waals surface area contributed by atoms with Crippen LogP contribution in [0.5, 0.6) is 0 Å². The number of aromatic nitrogens is 1. The normalized spacial score (nSPS) is 11.4. The maximum absolute atomic E-state index is 10.0. The van der Waals surface area contributed by atoms with Gasteiger partial charge in [0, 0.05) is 26.2 Å². The number of allylic oxidation sites excluding steroid dienone is 2. The van der Waals surface area contributed by atoms with Crippen LogP contribution in [0.3, 0.4) is 0 Å². The monoisotopic (exact) mass is 673 g/mol. The molecule has 0 unspecified atom stereocenters. The molecule has 189 valence electrons. The number of pyridine rings is 1. The van der Waals surface area contributed by atoms with Gasteiger partial charge in [-0.2, -0.15) is 0 Å². The molecule has 0 aliphatic carbocycles. The van der Waals surface area contributed by atoms with Crippen LogP contribution in [0.4, 0.5) is 0 Å². The number of ketones is 1. The Bertz CT molecular complexity index is 1390. The van der Waals surface area contributed by atoms with Crippen molar-refractivity contribution in [2.24, 2.45) is 0 Å². The van der Waals surface area contributed by atoms with Crippen molar-refractivity contribution in [3.05, 3.63) is 95.8 Å². The van der Waals surface area contributed by atoms with Crippen molar-refractivity contribution in [3.63, 3.8) is 0 Å².